The zero-order valence-electron chi connectivity index (χ0n) is 12.2. The first kappa shape index (κ1) is 15.7. The molecule has 1 aromatic heterocycles. The first-order valence-corrected chi connectivity index (χ1v) is 7.76. The van der Waals surface area contributed by atoms with Gasteiger partial charge in [-0.05, 0) is 57.5 Å². The van der Waals surface area contributed by atoms with Crippen molar-refractivity contribution < 1.29 is 4.74 Å². The highest BCUT2D eigenvalue weighted by Gasteiger charge is 2.22. The fourth-order valence-electron chi connectivity index (χ4n) is 2.07. The molecule has 104 valence electrons. The lowest BCUT2D eigenvalue weighted by Gasteiger charge is -2.29. The Hall–Kier alpha value is -0.380. The van der Waals surface area contributed by atoms with E-state index in [1.807, 2.05) is 11.3 Å². The van der Waals surface area contributed by atoms with Crippen LogP contribution in [0.1, 0.15) is 44.9 Å². The molecule has 1 heterocycles. The monoisotopic (exact) mass is 269 g/mol. The van der Waals surface area contributed by atoms with Gasteiger partial charge in [0, 0.05) is 18.0 Å². The van der Waals surface area contributed by atoms with Gasteiger partial charge in [0.15, 0.2) is 0 Å². The molecule has 1 aromatic rings. The molecule has 1 atom stereocenters. The molecular formula is C15H27NOS. The van der Waals surface area contributed by atoms with Gasteiger partial charge in [-0.3, -0.25) is 0 Å². The maximum absolute atomic E-state index is 5.55. The molecule has 0 spiro atoms. The molecule has 0 aliphatic heterocycles. The lowest BCUT2D eigenvalue weighted by Crippen LogP contribution is -2.38. The third kappa shape index (κ3) is 5.98. The largest absolute Gasteiger partial charge is 0.379 e. The van der Waals surface area contributed by atoms with Crippen LogP contribution in [0.4, 0.5) is 0 Å². The van der Waals surface area contributed by atoms with Crippen LogP contribution in [0.25, 0.3) is 0 Å². The summed E-state index contributed by atoms with van der Waals surface area (Å²) in [6.45, 7) is 7.64. The Morgan fingerprint density at radius 2 is 2.22 bits per heavy atom. The molecule has 0 bridgehead atoms. The van der Waals surface area contributed by atoms with Gasteiger partial charge < -0.3 is 10.1 Å². The van der Waals surface area contributed by atoms with Crippen LogP contribution < -0.4 is 5.32 Å². The van der Waals surface area contributed by atoms with Crippen LogP contribution in [-0.2, 0) is 11.2 Å². The summed E-state index contributed by atoms with van der Waals surface area (Å²) in [5.74, 6) is 0. The van der Waals surface area contributed by atoms with Crippen LogP contribution in [-0.4, -0.2) is 25.3 Å². The summed E-state index contributed by atoms with van der Waals surface area (Å²) in [6, 6.07) is 4.90. The Bertz CT molecular complexity index is 308. The number of aryl methyl sites for hydroxylation is 1. The molecule has 0 aliphatic rings. The van der Waals surface area contributed by atoms with Crippen molar-refractivity contribution >= 4 is 11.3 Å². The maximum atomic E-state index is 5.55. The lowest BCUT2D eigenvalue weighted by molar-refractivity contribution is 0.00644. The van der Waals surface area contributed by atoms with E-state index >= 15 is 0 Å². The molecule has 0 radical (unpaired) electrons. The third-order valence-electron chi connectivity index (χ3n) is 3.29. The topological polar surface area (TPSA) is 21.3 Å². The van der Waals surface area contributed by atoms with Crippen LogP contribution >= 0.6 is 11.3 Å². The number of hydrogen-bond acceptors (Lipinski definition) is 3. The van der Waals surface area contributed by atoms with Crippen molar-refractivity contribution in [2.24, 2.45) is 0 Å². The van der Waals surface area contributed by atoms with E-state index in [0.717, 1.165) is 13.0 Å². The van der Waals surface area contributed by atoms with Crippen molar-refractivity contribution in [2.45, 2.75) is 58.1 Å². The summed E-state index contributed by atoms with van der Waals surface area (Å²) in [5, 5.41) is 5.80. The van der Waals surface area contributed by atoms with Crippen molar-refractivity contribution in [1.82, 2.24) is 5.32 Å². The Labute approximate surface area is 116 Å². The maximum Gasteiger partial charge on any atom is 0.0637 e. The van der Waals surface area contributed by atoms with Gasteiger partial charge in [-0.25, -0.2) is 0 Å². The number of nitrogens with one attached hydrogen (secondary N) is 1. The van der Waals surface area contributed by atoms with Crippen LogP contribution in [0.15, 0.2) is 17.5 Å². The molecular weight excluding hydrogens is 242 g/mol. The van der Waals surface area contributed by atoms with Gasteiger partial charge in [-0.2, -0.15) is 0 Å². The molecule has 3 heteroatoms. The Morgan fingerprint density at radius 1 is 1.44 bits per heavy atom. The Kier molecular flexibility index (Phi) is 6.90. The fraction of sp³-hybridized carbons (Fsp3) is 0.733. The van der Waals surface area contributed by atoms with E-state index in [0.29, 0.717) is 6.04 Å². The summed E-state index contributed by atoms with van der Waals surface area (Å²) in [7, 11) is 1.80. The first-order chi connectivity index (χ1) is 8.57. The minimum Gasteiger partial charge on any atom is -0.379 e. The number of ether oxygens (including phenoxy) is 1. The number of hydrogen-bond donors (Lipinski definition) is 1. The molecule has 0 aromatic carbocycles. The molecule has 2 nitrogen and oxygen atoms in total. The van der Waals surface area contributed by atoms with Crippen molar-refractivity contribution in [2.75, 3.05) is 13.7 Å². The third-order valence-corrected chi connectivity index (χ3v) is 4.23. The number of methoxy groups -OCH3 is 1. The number of thiophene rings is 1. The second-order valence-corrected chi connectivity index (χ2v) is 6.47. The summed E-state index contributed by atoms with van der Waals surface area (Å²) in [6.07, 6.45) is 4.60. The van der Waals surface area contributed by atoms with E-state index in [1.165, 1.54) is 24.1 Å². The van der Waals surface area contributed by atoms with E-state index in [1.54, 1.807) is 7.11 Å². The Morgan fingerprint density at radius 3 is 2.78 bits per heavy atom. The first-order valence-electron chi connectivity index (χ1n) is 6.88. The predicted octanol–water partition coefficient (Wildman–Crippen LogP) is 3.86. The van der Waals surface area contributed by atoms with Crippen LogP contribution in [0.2, 0.25) is 0 Å². The second kappa shape index (κ2) is 7.93. The molecule has 1 rings (SSSR count). The molecule has 0 amide bonds. The predicted molar refractivity (Wildman–Crippen MR) is 80.4 cm³/mol. The van der Waals surface area contributed by atoms with Gasteiger partial charge >= 0.3 is 0 Å². The average molecular weight is 269 g/mol. The second-order valence-electron chi connectivity index (χ2n) is 5.44. The van der Waals surface area contributed by atoms with Gasteiger partial charge in [0.1, 0.15) is 0 Å². The molecule has 1 unspecified atom stereocenters. The lowest BCUT2D eigenvalue weighted by atomic mass is 9.95. The van der Waals surface area contributed by atoms with Crippen LogP contribution in [0.5, 0.6) is 0 Å². The molecule has 0 saturated heterocycles. The van der Waals surface area contributed by atoms with Crippen molar-refractivity contribution in [3.8, 4) is 0 Å². The van der Waals surface area contributed by atoms with Crippen LogP contribution in [0, 0.1) is 0 Å². The molecule has 18 heavy (non-hydrogen) atoms. The highest BCUT2D eigenvalue weighted by molar-refractivity contribution is 7.09. The van der Waals surface area contributed by atoms with Crippen molar-refractivity contribution in [3.05, 3.63) is 22.4 Å². The summed E-state index contributed by atoms with van der Waals surface area (Å²) < 4.78 is 5.55. The fourth-order valence-corrected chi connectivity index (χ4v) is 2.80. The SMILES string of the molecule is CCCNC(CCc1cccs1)CC(C)(C)OC. The van der Waals surface area contributed by atoms with Gasteiger partial charge in [-0.15, -0.1) is 11.3 Å². The smallest absolute Gasteiger partial charge is 0.0637 e. The molecule has 0 saturated carbocycles. The summed E-state index contributed by atoms with van der Waals surface area (Å²) in [5.41, 5.74) is -0.0408. The van der Waals surface area contributed by atoms with E-state index in [4.69, 9.17) is 4.74 Å². The molecule has 1 N–H and O–H groups in total. The molecule has 0 aliphatic carbocycles. The average Bonchev–Trinajstić information content (AvgIpc) is 2.85. The summed E-state index contributed by atoms with van der Waals surface area (Å²) in [4.78, 5) is 1.48. The Balaban J connectivity index is 2.44. The van der Waals surface area contributed by atoms with Gasteiger partial charge in [0.25, 0.3) is 0 Å². The van der Waals surface area contributed by atoms with E-state index < -0.39 is 0 Å². The zero-order valence-corrected chi connectivity index (χ0v) is 13.0. The standard InChI is InChI=1S/C15H27NOS/c1-5-10-16-13(12-15(2,3)17-4)8-9-14-7-6-11-18-14/h6-7,11,13,16H,5,8-10,12H2,1-4H3. The minimum absolute atomic E-state index is 0.0408. The quantitative estimate of drug-likeness (QED) is 0.735. The van der Waals surface area contributed by atoms with Crippen LogP contribution in [0.3, 0.4) is 0 Å². The highest BCUT2D eigenvalue weighted by Crippen LogP contribution is 2.20. The van der Waals surface area contributed by atoms with Gasteiger partial charge in [-0.1, -0.05) is 13.0 Å². The molecule has 0 fully saturated rings. The van der Waals surface area contributed by atoms with E-state index in [-0.39, 0.29) is 5.60 Å². The summed E-state index contributed by atoms with van der Waals surface area (Å²) >= 11 is 1.85. The van der Waals surface area contributed by atoms with Gasteiger partial charge in [0.2, 0.25) is 0 Å². The minimum atomic E-state index is -0.0408. The van der Waals surface area contributed by atoms with E-state index in [9.17, 15) is 0 Å². The zero-order chi connectivity index (χ0) is 13.4. The van der Waals surface area contributed by atoms with Crippen molar-refractivity contribution in [1.29, 1.82) is 0 Å². The number of rotatable bonds is 9. The van der Waals surface area contributed by atoms with E-state index in [2.05, 4.69) is 43.6 Å². The van der Waals surface area contributed by atoms with Gasteiger partial charge in [0.05, 0.1) is 5.60 Å². The highest BCUT2D eigenvalue weighted by atomic mass is 32.1. The van der Waals surface area contributed by atoms with Crippen molar-refractivity contribution in [3.63, 3.8) is 0 Å². The normalized spacial score (nSPS) is 13.8.